The first kappa shape index (κ1) is 21.8. The van der Waals surface area contributed by atoms with Crippen LogP contribution in [0.25, 0.3) is 0 Å². The van der Waals surface area contributed by atoms with E-state index in [0.29, 0.717) is 37.6 Å². The van der Waals surface area contributed by atoms with Gasteiger partial charge in [-0.1, -0.05) is 0 Å². The molecule has 0 aromatic heterocycles. The van der Waals surface area contributed by atoms with Gasteiger partial charge >= 0.3 is 5.97 Å². The number of carbonyl (C=O) groups is 3. The molecule has 0 spiro atoms. The zero-order chi connectivity index (χ0) is 22.5. The normalized spacial score (nSPS) is 13.5. The summed E-state index contributed by atoms with van der Waals surface area (Å²) in [5, 5.41) is 13.6. The highest BCUT2D eigenvalue weighted by Crippen LogP contribution is 2.29. The Morgan fingerprint density at radius 2 is 1.61 bits per heavy atom. The van der Waals surface area contributed by atoms with Crippen LogP contribution >= 0.6 is 0 Å². The lowest BCUT2D eigenvalue weighted by atomic mass is 10.1. The molecule has 0 unspecified atom stereocenters. The van der Waals surface area contributed by atoms with Gasteiger partial charge in [0, 0.05) is 50.8 Å². The van der Waals surface area contributed by atoms with Crippen molar-refractivity contribution in [2.24, 2.45) is 0 Å². The molecule has 10 heteroatoms. The fraction of sp³-hybridized carbons (Fsp3) is 0.286. The van der Waals surface area contributed by atoms with E-state index >= 15 is 0 Å². The lowest BCUT2D eigenvalue weighted by molar-refractivity contribution is -0.384. The van der Waals surface area contributed by atoms with Crippen LogP contribution < -0.4 is 10.2 Å². The van der Waals surface area contributed by atoms with Crippen molar-refractivity contribution in [3.63, 3.8) is 0 Å². The minimum atomic E-state index is -0.543. The van der Waals surface area contributed by atoms with Crippen LogP contribution in [0.15, 0.2) is 42.5 Å². The SMILES string of the molecule is COC(=O)c1ccc(N2CCN(C(C)=O)CC2)c(NC(=O)c2ccc([N+](=O)[O-])cc2)c1. The number of ether oxygens (including phenoxy) is 1. The van der Waals surface area contributed by atoms with Crippen LogP contribution in [0.2, 0.25) is 0 Å². The summed E-state index contributed by atoms with van der Waals surface area (Å²) in [4.78, 5) is 50.4. The van der Waals surface area contributed by atoms with Gasteiger partial charge in [-0.2, -0.15) is 0 Å². The number of nitrogens with one attached hydrogen (secondary N) is 1. The van der Waals surface area contributed by atoms with E-state index in [1.807, 2.05) is 4.90 Å². The second kappa shape index (κ2) is 9.24. The topological polar surface area (TPSA) is 122 Å². The molecule has 0 atom stereocenters. The van der Waals surface area contributed by atoms with E-state index in [-0.39, 0.29) is 22.7 Å². The summed E-state index contributed by atoms with van der Waals surface area (Å²) in [7, 11) is 1.27. The van der Waals surface area contributed by atoms with Crippen molar-refractivity contribution < 1.29 is 24.0 Å². The number of piperazine rings is 1. The van der Waals surface area contributed by atoms with Crippen molar-refractivity contribution in [3.8, 4) is 0 Å². The number of nitro benzene ring substituents is 1. The number of hydrogen-bond acceptors (Lipinski definition) is 7. The predicted molar refractivity (Wildman–Crippen MR) is 113 cm³/mol. The summed E-state index contributed by atoms with van der Waals surface area (Å²) in [5.74, 6) is -1.01. The van der Waals surface area contributed by atoms with Crippen LogP contribution in [-0.4, -0.2) is 60.9 Å². The third-order valence-electron chi connectivity index (χ3n) is 5.07. The Morgan fingerprint density at radius 3 is 2.16 bits per heavy atom. The van der Waals surface area contributed by atoms with Crippen molar-refractivity contribution in [2.45, 2.75) is 6.92 Å². The molecule has 1 heterocycles. The van der Waals surface area contributed by atoms with Crippen LogP contribution in [0.3, 0.4) is 0 Å². The van der Waals surface area contributed by atoms with Gasteiger partial charge in [0.2, 0.25) is 5.91 Å². The molecule has 162 valence electrons. The van der Waals surface area contributed by atoms with Crippen molar-refractivity contribution in [2.75, 3.05) is 43.5 Å². The summed E-state index contributed by atoms with van der Waals surface area (Å²) in [6.45, 7) is 3.75. The Labute approximate surface area is 178 Å². The first-order valence-electron chi connectivity index (χ1n) is 9.59. The summed E-state index contributed by atoms with van der Waals surface area (Å²) < 4.78 is 4.77. The number of carbonyl (C=O) groups excluding carboxylic acids is 3. The average molecular weight is 426 g/mol. The van der Waals surface area contributed by atoms with E-state index in [0.717, 1.165) is 0 Å². The zero-order valence-corrected chi connectivity index (χ0v) is 17.2. The van der Waals surface area contributed by atoms with Gasteiger partial charge in [-0.3, -0.25) is 19.7 Å². The minimum absolute atomic E-state index is 0.00684. The quantitative estimate of drug-likeness (QED) is 0.442. The van der Waals surface area contributed by atoms with Gasteiger partial charge in [-0.05, 0) is 30.3 Å². The minimum Gasteiger partial charge on any atom is -0.465 e. The Bertz CT molecular complexity index is 1010. The number of rotatable bonds is 5. The summed E-state index contributed by atoms with van der Waals surface area (Å²) in [5.41, 5.74) is 1.50. The first-order chi connectivity index (χ1) is 14.8. The number of hydrogen-bond donors (Lipinski definition) is 1. The first-order valence-corrected chi connectivity index (χ1v) is 9.59. The van der Waals surface area contributed by atoms with Crippen molar-refractivity contribution in [3.05, 3.63) is 63.7 Å². The number of methoxy groups -OCH3 is 1. The van der Waals surface area contributed by atoms with Crippen LogP contribution in [0, 0.1) is 10.1 Å². The van der Waals surface area contributed by atoms with Gasteiger partial charge in [0.1, 0.15) is 0 Å². The van der Waals surface area contributed by atoms with E-state index < -0.39 is 16.8 Å². The van der Waals surface area contributed by atoms with Crippen LogP contribution in [-0.2, 0) is 9.53 Å². The molecule has 2 aromatic carbocycles. The number of amides is 2. The van der Waals surface area contributed by atoms with Crippen molar-refractivity contribution in [1.29, 1.82) is 0 Å². The Morgan fingerprint density at radius 1 is 1.00 bits per heavy atom. The molecule has 2 aromatic rings. The van der Waals surface area contributed by atoms with Crippen molar-refractivity contribution >= 4 is 34.8 Å². The second-order valence-electron chi connectivity index (χ2n) is 6.97. The maximum absolute atomic E-state index is 12.8. The highest BCUT2D eigenvalue weighted by Gasteiger charge is 2.22. The van der Waals surface area contributed by atoms with Gasteiger partial charge in [0.25, 0.3) is 11.6 Å². The van der Waals surface area contributed by atoms with Crippen LogP contribution in [0.4, 0.5) is 17.1 Å². The van der Waals surface area contributed by atoms with Gasteiger partial charge in [-0.25, -0.2) is 4.79 Å². The molecule has 2 amide bonds. The number of nitro groups is 1. The molecular weight excluding hydrogens is 404 g/mol. The van der Waals surface area contributed by atoms with E-state index in [1.165, 1.54) is 44.4 Å². The van der Waals surface area contributed by atoms with Gasteiger partial charge < -0.3 is 19.9 Å². The largest absolute Gasteiger partial charge is 0.465 e. The smallest absolute Gasteiger partial charge is 0.337 e. The maximum atomic E-state index is 12.8. The fourth-order valence-electron chi connectivity index (χ4n) is 3.35. The molecule has 0 bridgehead atoms. The van der Waals surface area contributed by atoms with E-state index in [1.54, 1.807) is 17.0 Å². The fourth-order valence-corrected chi connectivity index (χ4v) is 3.35. The number of esters is 1. The lowest BCUT2D eigenvalue weighted by Gasteiger charge is -2.36. The molecule has 1 aliphatic rings. The highest BCUT2D eigenvalue weighted by molar-refractivity contribution is 6.07. The Hall–Kier alpha value is -3.95. The van der Waals surface area contributed by atoms with Gasteiger partial charge in [-0.15, -0.1) is 0 Å². The molecule has 1 aliphatic heterocycles. The third-order valence-corrected chi connectivity index (χ3v) is 5.07. The second-order valence-corrected chi connectivity index (χ2v) is 6.97. The average Bonchev–Trinajstić information content (AvgIpc) is 2.78. The van der Waals surface area contributed by atoms with E-state index in [2.05, 4.69) is 5.32 Å². The molecule has 0 saturated carbocycles. The molecule has 0 aliphatic carbocycles. The third kappa shape index (κ3) is 4.97. The Kier molecular flexibility index (Phi) is 6.49. The number of anilines is 2. The van der Waals surface area contributed by atoms with Gasteiger partial charge in [0.05, 0.1) is 29.0 Å². The molecule has 3 rings (SSSR count). The van der Waals surface area contributed by atoms with Crippen LogP contribution in [0.1, 0.15) is 27.6 Å². The molecule has 0 radical (unpaired) electrons. The lowest BCUT2D eigenvalue weighted by Crippen LogP contribution is -2.48. The molecule has 31 heavy (non-hydrogen) atoms. The predicted octanol–water partition coefficient (Wildman–Crippen LogP) is 2.30. The molecule has 10 nitrogen and oxygen atoms in total. The van der Waals surface area contributed by atoms with Crippen molar-refractivity contribution in [1.82, 2.24) is 4.90 Å². The van der Waals surface area contributed by atoms with Gasteiger partial charge in [0.15, 0.2) is 0 Å². The summed E-state index contributed by atoms with van der Waals surface area (Å²) in [6, 6.07) is 10.1. The highest BCUT2D eigenvalue weighted by atomic mass is 16.6. The number of non-ortho nitro benzene ring substituents is 1. The number of benzene rings is 2. The number of nitrogens with zero attached hydrogens (tertiary/aromatic N) is 3. The maximum Gasteiger partial charge on any atom is 0.337 e. The summed E-state index contributed by atoms with van der Waals surface area (Å²) >= 11 is 0. The zero-order valence-electron chi connectivity index (χ0n) is 17.2. The molecular formula is C21H22N4O6. The van der Waals surface area contributed by atoms with E-state index in [9.17, 15) is 24.5 Å². The summed E-state index contributed by atoms with van der Waals surface area (Å²) in [6.07, 6.45) is 0. The van der Waals surface area contributed by atoms with Crippen LogP contribution in [0.5, 0.6) is 0 Å². The van der Waals surface area contributed by atoms with E-state index in [4.69, 9.17) is 4.74 Å². The molecule has 1 fully saturated rings. The standard InChI is InChI=1S/C21H22N4O6/c1-14(26)23-9-11-24(12-10-23)19-8-5-16(21(28)31-2)13-18(19)22-20(27)15-3-6-17(7-4-15)25(29)30/h3-8,13H,9-12H2,1-2H3,(H,22,27). The monoisotopic (exact) mass is 426 g/mol. The Balaban J connectivity index is 1.87. The molecule has 1 saturated heterocycles. The molecule has 1 N–H and O–H groups in total.